The average molecular weight is 445 g/mol. The zero-order valence-corrected chi connectivity index (χ0v) is 18.4. The molecule has 0 aliphatic heterocycles. The maximum atomic E-state index is 5.47. The topological polar surface area (TPSA) is 26.2 Å². The van der Waals surface area contributed by atoms with E-state index < -0.39 is 0 Å². The minimum Gasteiger partial charge on any atom is -0.497 e. The lowest BCUT2D eigenvalue weighted by Crippen LogP contribution is -2.15. The summed E-state index contributed by atoms with van der Waals surface area (Å²) < 4.78 is 8.98. The first-order chi connectivity index (χ1) is 13.0. The molecule has 0 radical (unpaired) electrons. The Balaban J connectivity index is 1.98. The summed E-state index contributed by atoms with van der Waals surface area (Å²) in [5.41, 5.74) is 5.25. The third-order valence-electron chi connectivity index (χ3n) is 5.02. The Morgan fingerprint density at radius 3 is 2.59 bits per heavy atom. The molecule has 0 fully saturated rings. The minimum absolute atomic E-state index is 0.858. The van der Waals surface area contributed by atoms with E-state index in [1.165, 1.54) is 27.7 Å². The number of nitrogens with one attached hydrogen (secondary N) is 1. The molecule has 3 nitrogen and oxygen atoms in total. The van der Waals surface area contributed by atoms with E-state index in [1.54, 1.807) is 7.11 Å². The Hall–Kier alpha value is -1.85. The number of hydrogen-bond donors (Lipinski definition) is 1. The quantitative estimate of drug-likeness (QED) is 0.477. The van der Waals surface area contributed by atoms with Crippen molar-refractivity contribution in [2.24, 2.45) is 0 Å². The molecular formula is C22H25BrN2OS. The van der Waals surface area contributed by atoms with Crippen LogP contribution < -0.4 is 10.1 Å². The van der Waals surface area contributed by atoms with Crippen molar-refractivity contribution in [3.8, 4) is 5.75 Å². The molecule has 3 aromatic rings. The van der Waals surface area contributed by atoms with Gasteiger partial charge in [0.05, 0.1) is 12.1 Å². The van der Waals surface area contributed by atoms with Gasteiger partial charge in [0.25, 0.3) is 0 Å². The van der Waals surface area contributed by atoms with E-state index in [1.807, 2.05) is 13.1 Å². The zero-order chi connectivity index (χ0) is 19.4. The molecule has 5 heteroatoms. The van der Waals surface area contributed by atoms with Gasteiger partial charge in [-0.3, -0.25) is 0 Å². The van der Waals surface area contributed by atoms with Gasteiger partial charge in [-0.25, -0.2) is 0 Å². The van der Waals surface area contributed by atoms with E-state index >= 15 is 0 Å². The van der Waals surface area contributed by atoms with Gasteiger partial charge in [0.2, 0.25) is 0 Å². The number of thiocarbonyl (C=S) groups is 1. The molecule has 0 unspecified atom stereocenters. The predicted octanol–water partition coefficient (Wildman–Crippen LogP) is 5.64. The molecule has 2 aromatic carbocycles. The van der Waals surface area contributed by atoms with Gasteiger partial charge >= 0.3 is 0 Å². The molecule has 142 valence electrons. The summed E-state index contributed by atoms with van der Waals surface area (Å²) in [6.07, 6.45) is 2.95. The maximum Gasteiger partial charge on any atom is 0.119 e. The SMILES string of the molecule is CNC(=S)CCCc1c(C)n(Cc2ccc(Br)cc2)c2ccc(OC)cc12. The van der Waals surface area contributed by atoms with Crippen molar-refractivity contribution in [1.82, 2.24) is 9.88 Å². The van der Waals surface area contributed by atoms with Crippen molar-refractivity contribution >= 4 is 44.0 Å². The van der Waals surface area contributed by atoms with Crippen LogP contribution in [0.4, 0.5) is 0 Å². The zero-order valence-electron chi connectivity index (χ0n) is 16.0. The summed E-state index contributed by atoms with van der Waals surface area (Å²) in [5, 5.41) is 4.34. The Morgan fingerprint density at radius 2 is 1.93 bits per heavy atom. The monoisotopic (exact) mass is 444 g/mol. The fourth-order valence-electron chi connectivity index (χ4n) is 3.50. The van der Waals surface area contributed by atoms with Crippen LogP contribution in [-0.4, -0.2) is 23.7 Å². The van der Waals surface area contributed by atoms with Gasteiger partial charge in [-0.15, -0.1) is 0 Å². The number of methoxy groups -OCH3 is 1. The number of aromatic nitrogens is 1. The lowest BCUT2D eigenvalue weighted by Gasteiger charge is -2.10. The average Bonchev–Trinajstić information content (AvgIpc) is 2.94. The number of ether oxygens (including phenoxy) is 1. The number of nitrogens with zero attached hydrogens (tertiary/aromatic N) is 1. The van der Waals surface area contributed by atoms with Crippen LogP contribution in [0.2, 0.25) is 0 Å². The standard InChI is InChI=1S/C22H25BrN2OS/c1-15-19(5-4-6-22(27)24-2)20-13-18(26-3)11-12-21(20)25(15)14-16-7-9-17(23)10-8-16/h7-13H,4-6,14H2,1-3H3,(H,24,27). The van der Waals surface area contributed by atoms with Crippen molar-refractivity contribution in [1.29, 1.82) is 0 Å². The molecule has 0 aliphatic carbocycles. The molecular weight excluding hydrogens is 420 g/mol. The summed E-state index contributed by atoms with van der Waals surface area (Å²) in [4.78, 5) is 0.920. The van der Waals surface area contributed by atoms with Crippen molar-refractivity contribution in [2.45, 2.75) is 32.7 Å². The largest absolute Gasteiger partial charge is 0.497 e. The van der Waals surface area contributed by atoms with Gasteiger partial charge in [0, 0.05) is 34.7 Å². The van der Waals surface area contributed by atoms with Crippen LogP contribution in [0.25, 0.3) is 10.9 Å². The van der Waals surface area contributed by atoms with Gasteiger partial charge in [0.15, 0.2) is 0 Å². The fraction of sp³-hybridized carbons (Fsp3) is 0.318. The minimum atomic E-state index is 0.858. The van der Waals surface area contributed by atoms with E-state index in [0.29, 0.717) is 0 Å². The van der Waals surface area contributed by atoms with E-state index in [4.69, 9.17) is 17.0 Å². The van der Waals surface area contributed by atoms with Crippen LogP contribution in [0.15, 0.2) is 46.9 Å². The third kappa shape index (κ3) is 4.53. The van der Waals surface area contributed by atoms with Crippen molar-refractivity contribution in [3.05, 3.63) is 63.8 Å². The number of benzene rings is 2. The summed E-state index contributed by atoms with van der Waals surface area (Å²) >= 11 is 8.82. The molecule has 0 amide bonds. The van der Waals surface area contributed by atoms with Gasteiger partial charge < -0.3 is 14.6 Å². The van der Waals surface area contributed by atoms with E-state index in [9.17, 15) is 0 Å². The molecule has 0 saturated carbocycles. The molecule has 3 rings (SSSR count). The summed E-state index contributed by atoms with van der Waals surface area (Å²) in [6.45, 7) is 3.08. The molecule has 1 heterocycles. The Bertz CT molecular complexity index is 947. The third-order valence-corrected chi connectivity index (χ3v) is 5.96. The highest BCUT2D eigenvalue weighted by molar-refractivity contribution is 9.10. The second-order valence-corrected chi connectivity index (χ2v) is 8.09. The summed E-state index contributed by atoms with van der Waals surface area (Å²) in [6, 6.07) is 14.9. The van der Waals surface area contributed by atoms with E-state index in [0.717, 1.165) is 41.0 Å². The molecule has 1 aromatic heterocycles. The van der Waals surface area contributed by atoms with Gasteiger partial charge in [-0.1, -0.05) is 40.3 Å². The molecule has 0 bridgehead atoms. The Morgan fingerprint density at radius 1 is 1.19 bits per heavy atom. The number of fused-ring (bicyclic) bond motifs is 1. The molecule has 1 N–H and O–H groups in total. The molecule has 0 atom stereocenters. The first kappa shape index (κ1) is 19.9. The first-order valence-corrected chi connectivity index (χ1v) is 10.3. The smallest absolute Gasteiger partial charge is 0.119 e. The van der Waals surface area contributed by atoms with Crippen LogP contribution in [0.1, 0.15) is 29.7 Å². The second kappa shape index (κ2) is 8.89. The number of hydrogen-bond acceptors (Lipinski definition) is 2. The highest BCUT2D eigenvalue weighted by Crippen LogP contribution is 2.31. The molecule has 27 heavy (non-hydrogen) atoms. The highest BCUT2D eigenvalue weighted by atomic mass is 79.9. The summed E-state index contributed by atoms with van der Waals surface area (Å²) in [5.74, 6) is 0.898. The number of rotatable bonds is 7. The predicted molar refractivity (Wildman–Crippen MR) is 121 cm³/mol. The molecule has 0 saturated heterocycles. The lowest BCUT2D eigenvalue weighted by atomic mass is 10.0. The lowest BCUT2D eigenvalue weighted by molar-refractivity contribution is 0.415. The second-order valence-electron chi connectivity index (χ2n) is 6.69. The van der Waals surface area contributed by atoms with E-state index in [-0.39, 0.29) is 0 Å². The summed E-state index contributed by atoms with van der Waals surface area (Å²) in [7, 11) is 3.61. The fourth-order valence-corrected chi connectivity index (χ4v) is 3.91. The van der Waals surface area contributed by atoms with Crippen LogP contribution >= 0.6 is 28.1 Å². The van der Waals surface area contributed by atoms with Crippen LogP contribution in [0, 0.1) is 6.92 Å². The van der Waals surface area contributed by atoms with Crippen LogP contribution in [-0.2, 0) is 13.0 Å². The molecule has 0 aliphatic rings. The first-order valence-electron chi connectivity index (χ1n) is 9.14. The van der Waals surface area contributed by atoms with Gasteiger partial charge in [-0.05, 0) is 67.6 Å². The van der Waals surface area contributed by atoms with Gasteiger partial charge in [0.1, 0.15) is 5.75 Å². The maximum absolute atomic E-state index is 5.47. The number of aryl methyl sites for hydroxylation is 1. The number of halogens is 1. The van der Waals surface area contributed by atoms with Crippen molar-refractivity contribution < 1.29 is 4.74 Å². The van der Waals surface area contributed by atoms with Crippen LogP contribution in [0.3, 0.4) is 0 Å². The highest BCUT2D eigenvalue weighted by Gasteiger charge is 2.15. The Kier molecular flexibility index (Phi) is 6.55. The molecule has 0 spiro atoms. The van der Waals surface area contributed by atoms with Crippen molar-refractivity contribution in [3.63, 3.8) is 0 Å². The van der Waals surface area contributed by atoms with Gasteiger partial charge in [-0.2, -0.15) is 0 Å². The van der Waals surface area contributed by atoms with E-state index in [2.05, 4.69) is 69.1 Å². The van der Waals surface area contributed by atoms with Crippen LogP contribution in [0.5, 0.6) is 5.75 Å². The Labute approximate surface area is 174 Å². The normalized spacial score (nSPS) is 11.0. The van der Waals surface area contributed by atoms with Crippen molar-refractivity contribution in [2.75, 3.05) is 14.2 Å².